The van der Waals surface area contributed by atoms with Crippen molar-refractivity contribution >= 4 is 5.69 Å². The van der Waals surface area contributed by atoms with Gasteiger partial charge in [-0.2, -0.15) is 0 Å². The molecule has 0 unspecified atom stereocenters. The summed E-state index contributed by atoms with van der Waals surface area (Å²) in [4.78, 5) is 0. The molecular formula is C16H17NO. The fourth-order valence-corrected chi connectivity index (χ4v) is 2.64. The van der Waals surface area contributed by atoms with Crippen LogP contribution in [0.1, 0.15) is 11.1 Å². The van der Waals surface area contributed by atoms with Crippen LogP contribution >= 0.6 is 0 Å². The lowest BCUT2D eigenvalue weighted by Gasteiger charge is -2.11. The molecule has 92 valence electrons. The monoisotopic (exact) mass is 239 g/mol. The van der Waals surface area contributed by atoms with E-state index in [9.17, 15) is 5.11 Å². The van der Waals surface area contributed by atoms with E-state index in [-0.39, 0.29) is 0 Å². The third kappa shape index (κ3) is 2.33. The Balaban J connectivity index is 1.58. The maximum atomic E-state index is 9.23. The highest BCUT2D eigenvalue weighted by Gasteiger charge is 2.20. The van der Waals surface area contributed by atoms with Crippen LogP contribution in [0.5, 0.6) is 5.75 Å². The first-order valence-corrected chi connectivity index (χ1v) is 6.41. The highest BCUT2D eigenvalue weighted by atomic mass is 16.3. The van der Waals surface area contributed by atoms with Crippen LogP contribution in [0.4, 0.5) is 5.69 Å². The number of hydrogen-bond acceptors (Lipinski definition) is 2. The van der Waals surface area contributed by atoms with Crippen molar-refractivity contribution in [1.29, 1.82) is 0 Å². The van der Waals surface area contributed by atoms with Gasteiger partial charge in [-0.3, -0.25) is 0 Å². The van der Waals surface area contributed by atoms with Crippen LogP contribution in [-0.2, 0) is 12.8 Å². The predicted octanol–water partition coefficient (Wildman–Crippen LogP) is 3.22. The molecule has 2 N–H and O–H groups in total. The zero-order valence-corrected chi connectivity index (χ0v) is 10.3. The maximum absolute atomic E-state index is 9.23. The molecule has 2 heteroatoms. The van der Waals surface area contributed by atoms with Crippen molar-refractivity contribution in [2.45, 2.75) is 12.8 Å². The second-order valence-electron chi connectivity index (χ2n) is 4.97. The van der Waals surface area contributed by atoms with Crippen LogP contribution in [0.25, 0.3) is 0 Å². The smallest absolute Gasteiger partial charge is 0.115 e. The van der Waals surface area contributed by atoms with Crippen molar-refractivity contribution in [2.75, 3.05) is 11.9 Å². The molecule has 0 saturated heterocycles. The zero-order chi connectivity index (χ0) is 12.4. The predicted molar refractivity (Wildman–Crippen MR) is 73.9 cm³/mol. The van der Waals surface area contributed by atoms with Crippen LogP contribution in [0.3, 0.4) is 0 Å². The summed E-state index contributed by atoms with van der Waals surface area (Å²) in [7, 11) is 0. The summed E-state index contributed by atoms with van der Waals surface area (Å²) >= 11 is 0. The molecule has 18 heavy (non-hydrogen) atoms. The van der Waals surface area contributed by atoms with Gasteiger partial charge >= 0.3 is 0 Å². The Bertz CT molecular complexity index is 508. The van der Waals surface area contributed by atoms with E-state index >= 15 is 0 Å². The van der Waals surface area contributed by atoms with E-state index in [1.807, 2.05) is 12.1 Å². The van der Waals surface area contributed by atoms with Gasteiger partial charge in [-0.15, -0.1) is 0 Å². The van der Waals surface area contributed by atoms with Crippen molar-refractivity contribution in [1.82, 2.24) is 0 Å². The van der Waals surface area contributed by atoms with Gasteiger partial charge in [0.1, 0.15) is 5.75 Å². The summed E-state index contributed by atoms with van der Waals surface area (Å²) in [5.74, 6) is 0.991. The van der Waals surface area contributed by atoms with Crippen LogP contribution < -0.4 is 5.32 Å². The summed E-state index contributed by atoms with van der Waals surface area (Å²) in [6.45, 7) is 0.986. The third-order valence-electron chi connectivity index (χ3n) is 3.60. The van der Waals surface area contributed by atoms with Crippen molar-refractivity contribution < 1.29 is 5.11 Å². The largest absolute Gasteiger partial charge is 0.508 e. The topological polar surface area (TPSA) is 32.3 Å². The van der Waals surface area contributed by atoms with E-state index in [4.69, 9.17) is 0 Å². The van der Waals surface area contributed by atoms with E-state index in [2.05, 4.69) is 29.6 Å². The first-order chi connectivity index (χ1) is 8.81. The summed E-state index contributed by atoms with van der Waals surface area (Å²) in [6.07, 6.45) is 2.34. The Labute approximate surface area is 107 Å². The molecule has 1 aliphatic carbocycles. The zero-order valence-electron chi connectivity index (χ0n) is 10.3. The fraction of sp³-hybridized carbons (Fsp3) is 0.250. The summed E-state index contributed by atoms with van der Waals surface area (Å²) in [5, 5.41) is 12.7. The minimum absolute atomic E-state index is 0.314. The Morgan fingerprint density at radius 3 is 2.17 bits per heavy atom. The van der Waals surface area contributed by atoms with Crippen LogP contribution in [0, 0.1) is 5.92 Å². The fourth-order valence-electron chi connectivity index (χ4n) is 2.64. The molecular weight excluding hydrogens is 222 g/mol. The van der Waals surface area contributed by atoms with E-state index in [1.54, 1.807) is 12.1 Å². The maximum Gasteiger partial charge on any atom is 0.115 e. The molecule has 0 heterocycles. The Morgan fingerprint density at radius 1 is 0.944 bits per heavy atom. The average molecular weight is 239 g/mol. The molecule has 1 aliphatic rings. The lowest BCUT2D eigenvalue weighted by molar-refractivity contribution is 0.475. The molecule has 0 amide bonds. The number of aromatic hydroxyl groups is 1. The second kappa shape index (κ2) is 4.73. The highest BCUT2D eigenvalue weighted by molar-refractivity contribution is 5.46. The lowest BCUT2D eigenvalue weighted by Crippen LogP contribution is -2.14. The molecule has 0 bridgehead atoms. The number of phenols is 1. The first-order valence-electron chi connectivity index (χ1n) is 6.41. The Kier molecular flexibility index (Phi) is 2.93. The molecule has 0 radical (unpaired) electrons. The Hall–Kier alpha value is -1.96. The van der Waals surface area contributed by atoms with Crippen LogP contribution in [-0.4, -0.2) is 11.7 Å². The molecule has 2 aromatic carbocycles. The first kappa shape index (κ1) is 11.1. The summed E-state index contributed by atoms with van der Waals surface area (Å²) in [6, 6.07) is 16.0. The number of rotatable bonds is 3. The van der Waals surface area contributed by atoms with Crippen molar-refractivity contribution in [3.63, 3.8) is 0 Å². The van der Waals surface area contributed by atoms with Gasteiger partial charge < -0.3 is 10.4 Å². The molecule has 0 fully saturated rings. The quantitative estimate of drug-likeness (QED) is 0.806. The van der Waals surface area contributed by atoms with Gasteiger partial charge in [0.25, 0.3) is 0 Å². The normalized spacial score (nSPS) is 14.4. The van der Waals surface area contributed by atoms with E-state index < -0.39 is 0 Å². The number of nitrogens with one attached hydrogen (secondary N) is 1. The number of fused-ring (bicyclic) bond motifs is 1. The van der Waals surface area contributed by atoms with E-state index in [0.717, 1.165) is 12.2 Å². The van der Waals surface area contributed by atoms with Gasteiger partial charge in [0.2, 0.25) is 0 Å². The van der Waals surface area contributed by atoms with Crippen LogP contribution in [0.2, 0.25) is 0 Å². The summed E-state index contributed by atoms with van der Waals surface area (Å²) in [5.41, 5.74) is 4.06. The van der Waals surface area contributed by atoms with Gasteiger partial charge in [0.05, 0.1) is 0 Å². The van der Waals surface area contributed by atoms with E-state index in [0.29, 0.717) is 11.7 Å². The van der Waals surface area contributed by atoms with Gasteiger partial charge in [0.15, 0.2) is 0 Å². The van der Waals surface area contributed by atoms with Crippen molar-refractivity contribution in [3.05, 3.63) is 59.7 Å². The summed E-state index contributed by atoms with van der Waals surface area (Å²) < 4.78 is 0. The molecule has 0 saturated carbocycles. The number of phenolic OH excluding ortho intramolecular Hbond substituents is 1. The number of anilines is 1. The Morgan fingerprint density at radius 2 is 1.56 bits per heavy atom. The van der Waals surface area contributed by atoms with Crippen molar-refractivity contribution in [2.24, 2.45) is 5.92 Å². The van der Waals surface area contributed by atoms with Gasteiger partial charge in [0, 0.05) is 12.2 Å². The average Bonchev–Trinajstić information content (AvgIpc) is 2.81. The second-order valence-corrected chi connectivity index (χ2v) is 4.97. The lowest BCUT2D eigenvalue weighted by atomic mass is 10.1. The molecule has 3 rings (SSSR count). The molecule has 2 nitrogen and oxygen atoms in total. The molecule has 0 spiro atoms. The minimum atomic E-state index is 0.314. The molecule has 0 aromatic heterocycles. The van der Waals surface area contributed by atoms with Gasteiger partial charge in [-0.05, 0) is 54.2 Å². The molecule has 0 aliphatic heterocycles. The van der Waals surface area contributed by atoms with Gasteiger partial charge in [-0.1, -0.05) is 24.3 Å². The minimum Gasteiger partial charge on any atom is -0.508 e. The standard InChI is InChI=1S/C16H17NO/c18-16-7-5-15(6-8-16)17-11-12-9-13-3-1-2-4-14(13)10-12/h1-8,12,17-18H,9-11H2. The van der Waals surface area contributed by atoms with Crippen LogP contribution in [0.15, 0.2) is 48.5 Å². The third-order valence-corrected chi connectivity index (χ3v) is 3.60. The molecule has 0 atom stereocenters. The van der Waals surface area contributed by atoms with Crippen molar-refractivity contribution in [3.8, 4) is 5.75 Å². The SMILES string of the molecule is Oc1ccc(NCC2Cc3ccccc3C2)cc1. The van der Waals surface area contributed by atoms with Gasteiger partial charge in [-0.25, -0.2) is 0 Å². The molecule has 2 aromatic rings. The number of hydrogen-bond donors (Lipinski definition) is 2. The number of benzene rings is 2. The highest BCUT2D eigenvalue weighted by Crippen LogP contribution is 2.26. The van der Waals surface area contributed by atoms with E-state index in [1.165, 1.54) is 24.0 Å².